The third-order valence-corrected chi connectivity index (χ3v) is 0.319. The molecule has 0 aliphatic rings. The molecule has 2 radical (unpaired) electrons. The van der Waals surface area contributed by atoms with E-state index in [9.17, 15) is 9.59 Å². The van der Waals surface area contributed by atoms with Crippen molar-refractivity contribution >= 4 is 12.8 Å². The lowest BCUT2D eigenvalue weighted by Crippen LogP contribution is -2.18. The molecule has 0 spiro atoms. The van der Waals surface area contributed by atoms with Crippen LogP contribution in [0, 0.1) is 0 Å². The van der Waals surface area contributed by atoms with Crippen LogP contribution < -0.4 is 10.5 Å². The van der Waals surface area contributed by atoms with E-state index in [1.807, 2.05) is 0 Å². The third kappa shape index (κ3) is 1.72. The Labute approximate surface area is 39.4 Å². The Kier molecular flexibility index (Phi) is 2.62. The van der Waals surface area contributed by atoms with Crippen LogP contribution in [0.15, 0.2) is 5.22 Å². The molecule has 0 atom stereocenters. The van der Waals surface area contributed by atoms with E-state index < -0.39 is 0 Å². The molecule has 0 saturated carbocycles. The standard InChI is InChI=1S/C2H2N3O2/c3-4-5(1-6)2-7/h1-2H/q+1. The summed E-state index contributed by atoms with van der Waals surface area (Å²) in [7, 11) is 0. The van der Waals surface area contributed by atoms with Crippen LogP contribution in [-0.2, 0) is 9.59 Å². The number of imide groups is 1. The SMILES string of the molecule is [N]=N[N+](C=O)C=O. The van der Waals surface area contributed by atoms with E-state index in [4.69, 9.17) is 5.53 Å². The van der Waals surface area contributed by atoms with E-state index in [2.05, 4.69) is 5.22 Å². The molecule has 0 bridgehead atoms. The molecule has 0 rings (SSSR count). The van der Waals surface area contributed by atoms with Crippen molar-refractivity contribution in [2.45, 2.75) is 0 Å². The number of rotatable bonds is 3. The number of hydrogen-bond acceptors (Lipinski definition) is 3. The zero-order valence-electron chi connectivity index (χ0n) is 3.31. The first kappa shape index (κ1) is 5.90. The van der Waals surface area contributed by atoms with E-state index >= 15 is 0 Å². The molecule has 0 aromatic carbocycles. The molecule has 0 unspecified atom stereocenters. The van der Waals surface area contributed by atoms with Gasteiger partial charge in [0, 0.05) is 5.53 Å². The maximum atomic E-state index is 9.41. The van der Waals surface area contributed by atoms with Gasteiger partial charge in [-0.3, -0.25) is 0 Å². The monoisotopic (exact) mass is 100 g/mol. The van der Waals surface area contributed by atoms with Crippen molar-refractivity contribution in [3.8, 4) is 0 Å². The van der Waals surface area contributed by atoms with Gasteiger partial charge in [-0.25, -0.2) is 9.59 Å². The van der Waals surface area contributed by atoms with Crippen LogP contribution in [0.4, 0.5) is 0 Å². The fourth-order valence-corrected chi connectivity index (χ4v) is 0.0670. The summed E-state index contributed by atoms with van der Waals surface area (Å²) in [5.41, 5.74) is 7.61. The molecule has 0 saturated heterocycles. The molecule has 0 heterocycles. The molecule has 2 amide bonds. The average Bonchev–Trinajstić information content (AvgIpc) is 1.72. The average molecular weight is 100 g/mol. The van der Waals surface area contributed by atoms with Gasteiger partial charge in [-0.1, -0.05) is 0 Å². The zero-order chi connectivity index (χ0) is 5.70. The first-order valence-electron chi connectivity index (χ1n) is 1.39. The molecular weight excluding hydrogens is 98.0 g/mol. The molecular formula is C2H2N3O2+. The summed E-state index contributed by atoms with van der Waals surface area (Å²) in [6, 6.07) is 0. The molecule has 5 nitrogen and oxygen atoms in total. The predicted octanol–water partition coefficient (Wildman–Crippen LogP) is -1.39. The smallest absolute Gasteiger partial charge is 0.225 e. The highest BCUT2D eigenvalue weighted by atomic mass is 16.2. The van der Waals surface area contributed by atoms with Crippen LogP contribution in [0.5, 0.6) is 0 Å². The zero-order valence-corrected chi connectivity index (χ0v) is 3.31. The van der Waals surface area contributed by atoms with Crippen molar-refractivity contribution in [3.63, 3.8) is 0 Å². The molecule has 0 N–H and O–H groups in total. The predicted molar refractivity (Wildman–Crippen MR) is 18.8 cm³/mol. The number of amides is 2. The molecule has 0 fully saturated rings. The second-order valence-corrected chi connectivity index (χ2v) is 0.680. The Balaban J connectivity index is 3.57. The minimum atomic E-state index is 0.0764. The van der Waals surface area contributed by atoms with Crippen LogP contribution in [0.1, 0.15) is 0 Å². The first-order chi connectivity index (χ1) is 3.35. The molecule has 0 aromatic rings. The van der Waals surface area contributed by atoms with Crippen molar-refractivity contribution in [1.29, 1.82) is 0 Å². The minimum absolute atomic E-state index is 0.0764. The topological polar surface area (TPSA) is 74.7 Å². The van der Waals surface area contributed by atoms with Gasteiger partial charge in [-0.05, 0) is 0 Å². The van der Waals surface area contributed by atoms with Crippen LogP contribution in [0.2, 0.25) is 0 Å². The lowest BCUT2D eigenvalue weighted by Gasteiger charge is -1.68. The first-order valence-corrected chi connectivity index (χ1v) is 1.39. The van der Waals surface area contributed by atoms with Gasteiger partial charge in [0.1, 0.15) is 10.2 Å². The van der Waals surface area contributed by atoms with E-state index in [-0.39, 0.29) is 17.8 Å². The highest BCUT2D eigenvalue weighted by Gasteiger charge is 2.08. The lowest BCUT2D eigenvalue weighted by atomic mass is 11.1. The van der Waals surface area contributed by atoms with E-state index in [1.165, 1.54) is 0 Å². The highest BCUT2D eigenvalue weighted by molar-refractivity contribution is 5.71. The van der Waals surface area contributed by atoms with Gasteiger partial charge in [-0.15, -0.1) is 0 Å². The van der Waals surface area contributed by atoms with Gasteiger partial charge in [0.05, 0.1) is 0 Å². The lowest BCUT2D eigenvalue weighted by molar-refractivity contribution is -0.123. The quantitative estimate of drug-likeness (QED) is 0.189. The summed E-state index contributed by atoms with van der Waals surface area (Å²) in [5.74, 6) is 0. The molecule has 0 aromatic heterocycles. The Morgan fingerprint density at radius 3 is 1.86 bits per heavy atom. The van der Waals surface area contributed by atoms with Gasteiger partial charge < -0.3 is 0 Å². The van der Waals surface area contributed by atoms with Crippen LogP contribution in [0.3, 0.4) is 0 Å². The van der Waals surface area contributed by atoms with Crippen LogP contribution in [-0.4, -0.2) is 12.8 Å². The van der Waals surface area contributed by atoms with Gasteiger partial charge in [0.2, 0.25) is 0 Å². The summed E-state index contributed by atoms with van der Waals surface area (Å²) in [6.45, 7) is 0. The summed E-state index contributed by atoms with van der Waals surface area (Å²) in [6.07, 6.45) is 0.153. The maximum Gasteiger partial charge on any atom is 0.389 e. The van der Waals surface area contributed by atoms with Crippen LogP contribution >= 0.6 is 0 Å². The largest absolute Gasteiger partial charge is 0.389 e. The van der Waals surface area contributed by atoms with Gasteiger partial charge in [0.25, 0.3) is 0 Å². The number of carbonyl (C=O) groups is 2. The number of carbonyl (C=O) groups excluding carboxylic acids is 2. The van der Waals surface area contributed by atoms with E-state index in [1.54, 1.807) is 0 Å². The minimum Gasteiger partial charge on any atom is -0.225 e. The molecule has 36 valence electrons. The van der Waals surface area contributed by atoms with E-state index in [0.29, 0.717) is 0 Å². The van der Waals surface area contributed by atoms with Crippen molar-refractivity contribution in [2.24, 2.45) is 5.22 Å². The number of nitrogens with zero attached hydrogens (tertiary/aromatic N) is 3. The van der Waals surface area contributed by atoms with Crippen LogP contribution in [0.25, 0.3) is 0 Å². The summed E-state index contributed by atoms with van der Waals surface area (Å²) < 4.78 is 0. The van der Waals surface area contributed by atoms with Crippen molar-refractivity contribution in [2.75, 3.05) is 0 Å². The molecule has 5 heteroatoms. The molecule has 0 aliphatic heterocycles. The molecule has 7 heavy (non-hydrogen) atoms. The highest BCUT2D eigenvalue weighted by Crippen LogP contribution is 1.61. The summed E-state index contributed by atoms with van der Waals surface area (Å²) >= 11 is 0. The number of hydrogen-bond donors (Lipinski definition) is 0. The van der Waals surface area contributed by atoms with Crippen molar-refractivity contribution in [3.05, 3.63) is 0 Å². The van der Waals surface area contributed by atoms with Gasteiger partial charge in [0.15, 0.2) is 0 Å². The Hall–Kier alpha value is -1.10. The van der Waals surface area contributed by atoms with Gasteiger partial charge in [-0.2, -0.15) is 0 Å². The second-order valence-electron chi connectivity index (χ2n) is 0.680. The fourth-order valence-electron chi connectivity index (χ4n) is 0.0670. The Morgan fingerprint density at radius 2 is 1.86 bits per heavy atom. The van der Waals surface area contributed by atoms with Gasteiger partial charge >= 0.3 is 12.8 Å². The normalized spacial score (nSPS) is 8.14. The third-order valence-electron chi connectivity index (χ3n) is 0.319. The van der Waals surface area contributed by atoms with E-state index in [0.717, 1.165) is 0 Å². The Bertz CT molecular complexity index is 71.9. The summed E-state index contributed by atoms with van der Waals surface area (Å²) in [5, 5.41) is 2.42. The Morgan fingerprint density at radius 1 is 1.43 bits per heavy atom. The second kappa shape index (κ2) is 3.10. The van der Waals surface area contributed by atoms with Crippen molar-refractivity contribution in [1.82, 2.24) is 10.5 Å². The maximum absolute atomic E-state index is 9.41. The fraction of sp³-hybridized carbons (Fsp3) is 0. The van der Waals surface area contributed by atoms with Crippen molar-refractivity contribution < 1.29 is 9.59 Å². The summed E-state index contributed by atoms with van der Waals surface area (Å²) in [4.78, 5) is 18.8. The molecule has 0 aliphatic carbocycles.